The SMILES string of the molecule is CCN(c1cccc(C)c1)c1c(CCN)c(C)nn1C. The summed E-state index contributed by atoms with van der Waals surface area (Å²) in [5.74, 6) is 1.15. The van der Waals surface area contributed by atoms with E-state index in [1.807, 2.05) is 11.7 Å². The average Bonchev–Trinajstić information content (AvgIpc) is 2.67. The van der Waals surface area contributed by atoms with Crippen molar-refractivity contribution in [1.29, 1.82) is 0 Å². The Hall–Kier alpha value is -1.81. The number of aromatic nitrogens is 2. The Balaban J connectivity index is 2.52. The summed E-state index contributed by atoms with van der Waals surface area (Å²) in [6.07, 6.45) is 0.858. The molecule has 0 amide bonds. The number of nitrogens with zero attached hydrogens (tertiary/aromatic N) is 3. The van der Waals surface area contributed by atoms with Crippen LogP contribution in [0.1, 0.15) is 23.7 Å². The molecule has 0 unspecified atom stereocenters. The van der Waals surface area contributed by atoms with Crippen molar-refractivity contribution in [3.8, 4) is 0 Å². The van der Waals surface area contributed by atoms with Crippen molar-refractivity contribution in [2.45, 2.75) is 27.2 Å². The second-order valence-electron chi connectivity index (χ2n) is 5.13. The maximum Gasteiger partial charge on any atom is 0.134 e. The number of rotatable bonds is 5. The topological polar surface area (TPSA) is 47.1 Å². The van der Waals surface area contributed by atoms with E-state index in [1.165, 1.54) is 16.8 Å². The zero-order chi connectivity index (χ0) is 14.7. The van der Waals surface area contributed by atoms with Gasteiger partial charge in [0.25, 0.3) is 0 Å². The minimum absolute atomic E-state index is 0.644. The zero-order valence-corrected chi connectivity index (χ0v) is 12.8. The third kappa shape index (κ3) is 2.70. The van der Waals surface area contributed by atoms with Gasteiger partial charge in [0.15, 0.2) is 0 Å². The molecule has 108 valence electrons. The van der Waals surface area contributed by atoms with Crippen molar-refractivity contribution in [3.05, 3.63) is 41.1 Å². The molecule has 0 saturated carbocycles. The highest BCUT2D eigenvalue weighted by molar-refractivity contribution is 5.64. The first-order chi connectivity index (χ1) is 9.58. The Labute approximate surface area is 121 Å². The van der Waals surface area contributed by atoms with Gasteiger partial charge in [-0.3, -0.25) is 4.68 Å². The van der Waals surface area contributed by atoms with E-state index < -0.39 is 0 Å². The van der Waals surface area contributed by atoms with Gasteiger partial charge in [-0.2, -0.15) is 5.10 Å². The smallest absolute Gasteiger partial charge is 0.134 e. The van der Waals surface area contributed by atoms with E-state index in [2.05, 4.69) is 55.0 Å². The molecular weight excluding hydrogens is 248 g/mol. The average molecular weight is 272 g/mol. The number of hydrogen-bond acceptors (Lipinski definition) is 3. The predicted molar refractivity (Wildman–Crippen MR) is 84.6 cm³/mol. The first-order valence-electron chi connectivity index (χ1n) is 7.15. The molecule has 1 aromatic carbocycles. The molecule has 2 aromatic rings. The van der Waals surface area contributed by atoms with E-state index in [0.29, 0.717) is 6.54 Å². The van der Waals surface area contributed by atoms with E-state index in [9.17, 15) is 0 Å². The molecule has 0 radical (unpaired) electrons. The number of aryl methyl sites for hydroxylation is 3. The molecule has 0 aliphatic heterocycles. The van der Waals surface area contributed by atoms with E-state index in [1.54, 1.807) is 0 Å². The normalized spacial score (nSPS) is 10.8. The van der Waals surface area contributed by atoms with Gasteiger partial charge in [-0.1, -0.05) is 12.1 Å². The second kappa shape index (κ2) is 6.09. The molecule has 0 saturated heterocycles. The Bertz CT molecular complexity index is 586. The highest BCUT2D eigenvalue weighted by Crippen LogP contribution is 2.30. The second-order valence-corrected chi connectivity index (χ2v) is 5.13. The van der Waals surface area contributed by atoms with Crippen LogP contribution in [0.5, 0.6) is 0 Å². The minimum Gasteiger partial charge on any atom is -0.330 e. The standard InChI is InChI=1S/C16H24N4/c1-5-20(14-8-6-7-12(2)11-14)16-15(9-10-17)13(3)18-19(16)4/h6-8,11H,5,9-10,17H2,1-4H3. The van der Waals surface area contributed by atoms with Gasteiger partial charge >= 0.3 is 0 Å². The summed E-state index contributed by atoms with van der Waals surface area (Å²) in [5, 5.41) is 4.57. The number of nitrogens with two attached hydrogens (primary N) is 1. The van der Waals surface area contributed by atoms with Crippen LogP contribution < -0.4 is 10.6 Å². The number of benzene rings is 1. The Morgan fingerprint density at radius 2 is 2.05 bits per heavy atom. The lowest BCUT2D eigenvalue weighted by molar-refractivity contribution is 0.741. The first kappa shape index (κ1) is 14.6. The van der Waals surface area contributed by atoms with Gasteiger partial charge in [0.1, 0.15) is 5.82 Å². The van der Waals surface area contributed by atoms with E-state index >= 15 is 0 Å². The molecule has 20 heavy (non-hydrogen) atoms. The summed E-state index contributed by atoms with van der Waals surface area (Å²) in [4.78, 5) is 2.30. The van der Waals surface area contributed by atoms with Gasteiger partial charge in [-0.05, 0) is 51.4 Å². The minimum atomic E-state index is 0.644. The molecule has 2 N–H and O–H groups in total. The van der Waals surface area contributed by atoms with Crippen molar-refractivity contribution < 1.29 is 0 Å². The fraction of sp³-hybridized carbons (Fsp3) is 0.438. The van der Waals surface area contributed by atoms with Crippen LogP contribution in [-0.4, -0.2) is 22.9 Å². The highest BCUT2D eigenvalue weighted by Gasteiger charge is 2.19. The summed E-state index contributed by atoms with van der Waals surface area (Å²) in [5.41, 5.74) is 10.5. The first-order valence-corrected chi connectivity index (χ1v) is 7.15. The summed E-state index contributed by atoms with van der Waals surface area (Å²) in [6.45, 7) is 7.88. The van der Waals surface area contributed by atoms with Crippen LogP contribution in [0, 0.1) is 13.8 Å². The summed E-state index contributed by atoms with van der Waals surface area (Å²) < 4.78 is 1.96. The van der Waals surface area contributed by atoms with Gasteiger partial charge in [0, 0.05) is 24.8 Å². The van der Waals surface area contributed by atoms with E-state index in [4.69, 9.17) is 5.73 Å². The molecule has 0 fully saturated rings. The highest BCUT2D eigenvalue weighted by atomic mass is 15.4. The van der Waals surface area contributed by atoms with Crippen LogP contribution in [0.15, 0.2) is 24.3 Å². The van der Waals surface area contributed by atoms with Gasteiger partial charge in [0.2, 0.25) is 0 Å². The van der Waals surface area contributed by atoms with E-state index in [-0.39, 0.29) is 0 Å². The van der Waals surface area contributed by atoms with Crippen molar-refractivity contribution in [2.24, 2.45) is 12.8 Å². The van der Waals surface area contributed by atoms with Crippen molar-refractivity contribution in [2.75, 3.05) is 18.0 Å². The maximum absolute atomic E-state index is 5.76. The van der Waals surface area contributed by atoms with Gasteiger partial charge in [-0.15, -0.1) is 0 Å². The molecule has 4 nitrogen and oxygen atoms in total. The van der Waals surface area contributed by atoms with Crippen molar-refractivity contribution >= 4 is 11.5 Å². The molecular formula is C16H24N4. The molecule has 1 heterocycles. The van der Waals surface area contributed by atoms with Crippen LogP contribution in [0.3, 0.4) is 0 Å². The van der Waals surface area contributed by atoms with Crippen molar-refractivity contribution in [1.82, 2.24) is 9.78 Å². The monoisotopic (exact) mass is 272 g/mol. The van der Waals surface area contributed by atoms with Gasteiger partial charge < -0.3 is 10.6 Å². The van der Waals surface area contributed by atoms with Crippen LogP contribution >= 0.6 is 0 Å². The van der Waals surface area contributed by atoms with Gasteiger partial charge in [-0.25, -0.2) is 0 Å². The molecule has 0 spiro atoms. The quantitative estimate of drug-likeness (QED) is 0.910. The lowest BCUT2D eigenvalue weighted by Gasteiger charge is -2.25. The molecule has 2 rings (SSSR count). The molecule has 0 aliphatic rings. The maximum atomic E-state index is 5.76. The van der Waals surface area contributed by atoms with Crippen LogP contribution in [0.25, 0.3) is 0 Å². The Kier molecular flexibility index (Phi) is 4.45. The molecule has 0 aliphatic carbocycles. The van der Waals surface area contributed by atoms with Crippen LogP contribution in [0.2, 0.25) is 0 Å². The number of anilines is 2. The third-order valence-electron chi connectivity index (χ3n) is 3.59. The summed E-state index contributed by atoms with van der Waals surface area (Å²) >= 11 is 0. The lowest BCUT2D eigenvalue weighted by atomic mass is 10.1. The fourth-order valence-corrected chi connectivity index (χ4v) is 2.71. The Morgan fingerprint density at radius 1 is 1.30 bits per heavy atom. The summed E-state index contributed by atoms with van der Waals surface area (Å²) in [6, 6.07) is 8.56. The van der Waals surface area contributed by atoms with Gasteiger partial charge in [0.05, 0.1) is 5.69 Å². The van der Waals surface area contributed by atoms with Crippen molar-refractivity contribution in [3.63, 3.8) is 0 Å². The zero-order valence-electron chi connectivity index (χ0n) is 12.8. The largest absolute Gasteiger partial charge is 0.330 e. The third-order valence-corrected chi connectivity index (χ3v) is 3.59. The molecule has 4 heteroatoms. The molecule has 1 aromatic heterocycles. The van der Waals surface area contributed by atoms with Crippen LogP contribution in [-0.2, 0) is 13.5 Å². The Morgan fingerprint density at radius 3 is 2.65 bits per heavy atom. The lowest BCUT2D eigenvalue weighted by Crippen LogP contribution is -2.21. The molecule has 0 atom stereocenters. The fourth-order valence-electron chi connectivity index (χ4n) is 2.71. The molecule has 0 bridgehead atoms. The van der Waals surface area contributed by atoms with Crippen LogP contribution in [0.4, 0.5) is 11.5 Å². The summed E-state index contributed by atoms with van der Waals surface area (Å²) in [7, 11) is 2.00. The number of hydrogen-bond donors (Lipinski definition) is 1. The van der Waals surface area contributed by atoms with E-state index in [0.717, 1.165) is 24.5 Å². The predicted octanol–water partition coefficient (Wildman–Crippen LogP) is 2.70.